The Morgan fingerprint density at radius 3 is 2.43 bits per heavy atom. The molecule has 28 heavy (non-hydrogen) atoms. The molecule has 2 aromatic carbocycles. The number of hydrazine groups is 1. The number of aromatic nitrogens is 3. The minimum absolute atomic E-state index is 0.133. The Labute approximate surface area is 163 Å². The van der Waals surface area contributed by atoms with E-state index in [2.05, 4.69) is 22.5 Å². The first kappa shape index (κ1) is 18.4. The maximum atomic E-state index is 11.9. The lowest BCUT2D eigenvalue weighted by Gasteiger charge is -2.35. The molecule has 0 radical (unpaired) electrons. The van der Waals surface area contributed by atoms with Crippen molar-refractivity contribution < 1.29 is 9.90 Å². The molecule has 0 unspecified atom stereocenters. The minimum atomic E-state index is -0.282. The van der Waals surface area contributed by atoms with Gasteiger partial charge in [0.05, 0.1) is 6.42 Å². The fraction of sp³-hybridized carbons (Fsp3) is 0.381. The normalized spacial score (nSPS) is 16.2. The summed E-state index contributed by atoms with van der Waals surface area (Å²) >= 11 is 0. The number of amides is 1. The van der Waals surface area contributed by atoms with Gasteiger partial charge >= 0.3 is 0 Å². The molecule has 1 amide bonds. The van der Waals surface area contributed by atoms with Crippen molar-refractivity contribution in [2.24, 2.45) is 5.84 Å². The summed E-state index contributed by atoms with van der Waals surface area (Å²) in [6, 6.07) is 11.3. The topological polar surface area (TPSA) is 106 Å². The predicted molar refractivity (Wildman–Crippen MR) is 107 cm³/mol. The van der Waals surface area contributed by atoms with E-state index in [0.29, 0.717) is 5.69 Å². The number of phenols is 1. The maximum absolute atomic E-state index is 11.9. The van der Waals surface area contributed by atoms with Gasteiger partial charge in [0.15, 0.2) is 0 Å². The molecule has 7 heteroatoms. The average Bonchev–Trinajstić information content (AvgIpc) is 3.13. The van der Waals surface area contributed by atoms with Gasteiger partial charge < -0.3 is 5.11 Å². The van der Waals surface area contributed by atoms with E-state index < -0.39 is 0 Å². The molecular formula is C21H25N5O2. The first-order valence-electron chi connectivity index (χ1n) is 9.68. The number of aromatic hydroxyl groups is 1. The maximum Gasteiger partial charge on any atom is 0.238 e. The molecular weight excluding hydrogens is 354 g/mol. The summed E-state index contributed by atoms with van der Waals surface area (Å²) in [5, 5.41) is 20.2. The van der Waals surface area contributed by atoms with Crippen LogP contribution in [0.2, 0.25) is 0 Å². The number of fused-ring (bicyclic) bond motifs is 1. The number of carbonyl (C=O) groups excluding carboxylic acids is 1. The fourth-order valence-electron chi connectivity index (χ4n) is 4.20. The van der Waals surface area contributed by atoms with E-state index >= 15 is 0 Å². The molecule has 0 spiro atoms. The highest BCUT2D eigenvalue weighted by Crippen LogP contribution is 2.45. The second-order valence-corrected chi connectivity index (χ2v) is 7.85. The zero-order valence-corrected chi connectivity index (χ0v) is 16.0. The Bertz CT molecular complexity index is 988. The number of phenolic OH excluding ortho intramolecular Hbond substituents is 1. The Kier molecular flexibility index (Phi) is 4.77. The van der Waals surface area contributed by atoms with Gasteiger partial charge in [-0.2, -0.15) is 0 Å². The molecule has 1 fully saturated rings. The van der Waals surface area contributed by atoms with E-state index in [-0.39, 0.29) is 23.5 Å². The minimum Gasteiger partial charge on any atom is -0.505 e. The van der Waals surface area contributed by atoms with Crippen LogP contribution in [0.3, 0.4) is 0 Å². The zero-order valence-electron chi connectivity index (χ0n) is 16.0. The summed E-state index contributed by atoms with van der Waals surface area (Å²) in [7, 11) is 0. The molecule has 4 N–H and O–H groups in total. The number of carbonyl (C=O) groups is 1. The third kappa shape index (κ3) is 3.33. The van der Waals surface area contributed by atoms with E-state index in [1.165, 1.54) is 11.2 Å². The summed E-state index contributed by atoms with van der Waals surface area (Å²) in [6.45, 7) is 2.19. The number of rotatable bonds is 4. The van der Waals surface area contributed by atoms with Crippen LogP contribution in [0, 0.1) is 0 Å². The van der Waals surface area contributed by atoms with Crippen LogP contribution in [0.15, 0.2) is 36.4 Å². The van der Waals surface area contributed by atoms with Crippen molar-refractivity contribution in [2.45, 2.75) is 50.9 Å². The Morgan fingerprint density at radius 2 is 1.82 bits per heavy atom. The summed E-state index contributed by atoms with van der Waals surface area (Å²) in [6.07, 6.45) is 5.60. The number of benzene rings is 2. The highest BCUT2D eigenvalue weighted by atomic mass is 16.3. The smallest absolute Gasteiger partial charge is 0.238 e. The van der Waals surface area contributed by atoms with Crippen molar-refractivity contribution in [2.75, 3.05) is 0 Å². The number of nitrogens with one attached hydrogen (secondary N) is 1. The van der Waals surface area contributed by atoms with Crippen molar-refractivity contribution in [3.8, 4) is 11.4 Å². The molecule has 1 aromatic heterocycles. The third-order valence-corrected chi connectivity index (χ3v) is 5.78. The largest absolute Gasteiger partial charge is 0.505 e. The molecule has 1 saturated carbocycles. The van der Waals surface area contributed by atoms with Gasteiger partial charge in [-0.15, -0.1) is 15.0 Å². The van der Waals surface area contributed by atoms with Crippen LogP contribution in [0.1, 0.15) is 50.2 Å². The van der Waals surface area contributed by atoms with E-state index in [4.69, 9.17) is 5.84 Å². The molecule has 0 saturated heterocycles. The van der Waals surface area contributed by atoms with E-state index in [1.54, 1.807) is 6.07 Å². The highest BCUT2D eigenvalue weighted by molar-refractivity contribution is 5.78. The van der Waals surface area contributed by atoms with Crippen molar-refractivity contribution in [3.05, 3.63) is 47.5 Å². The van der Waals surface area contributed by atoms with Gasteiger partial charge in [0, 0.05) is 5.56 Å². The third-order valence-electron chi connectivity index (χ3n) is 5.78. The Morgan fingerprint density at radius 1 is 1.18 bits per heavy atom. The number of nitrogens with zero attached hydrogens (tertiary/aromatic N) is 3. The number of nitrogens with two attached hydrogens (primary N) is 1. The van der Waals surface area contributed by atoms with Crippen molar-refractivity contribution in [3.63, 3.8) is 0 Å². The van der Waals surface area contributed by atoms with Crippen LogP contribution in [0.4, 0.5) is 0 Å². The first-order chi connectivity index (χ1) is 13.5. The van der Waals surface area contributed by atoms with E-state index in [1.807, 2.05) is 30.3 Å². The van der Waals surface area contributed by atoms with E-state index in [0.717, 1.165) is 47.8 Å². The molecule has 7 nitrogen and oxygen atoms in total. The lowest BCUT2D eigenvalue weighted by atomic mass is 9.70. The van der Waals surface area contributed by atoms with Gasteiger partial charge in [0.1, 0.15) is 22.5 Å². The molecule has 1 aliphatic rings. The second-order valence-electron chi connectivity index (χ2n) is 7.85. The molecule has 3 aromatic rings. The summed E-state index contributed by atoms with van der Waals surface area (Å²) in [5.41, 5.74) is 5.65. The monoisotopic (exact) mass is 379 g/mol. The van der Waals surface area contributed by atoms with Gasteiger partial charge in [-0.1, -0.05) is 44.4 Å². The second kappa shape index (κ2) is 7.24. The predicted octanol–water partition coefficient (Wildman–Crippen LogP) is 2.88. The van der Waals surface area contributed by atoms with Gasteiger partial charge in [0.25, 0.3) is 0 Å². The summed E-state index contributed by atoms with van der Waals surface area (Å²) in [4.78, 5) is 13.3. The van der Waals surface area contributed by atoms with Crippen LogP contribution in [0.5, 0.6) is 5.75 Å². The molecule has 1 heterocycles. The van der Waals surface area contributed by atoms with Crippen molar-refractivity contribution in [1.29, 1.82) is 0 Å². The van der Waals surface area contributed by atoms with E-state index in [9.17, 15) is 9.90 Å². The standard InChI is InChI=1S/C21H25N5O2/c1-21(9-5-2-6-10-21)15-11-14(13-19(27)23-22)12-18(20(15)28)26-24-16-7-3-4-8-17(16)25-26/h3-4,7-8,11-12,28H,2,5-6,9-10,13,22H2,1H3,(H,23,27). The lowest BCUT2D eigenvalue weighted by Crippen LogP contribution is -2.31. The Balaban J connectivity index is 1.87. The van der Waals surface area contributed by atoms with Crippen molar-refractivity contribution in [1.82, 2.24) is 20.4 Å². The van der Waals surface area contributed by atoms with Gasteiger partial charge in [0.2, 0.25) is 5.91 Å². The quantitative estimate of drug-likeness (QED) is 0.367. The molecule has 0 atom stereocenters. The highest BCUT2D eigenvalue weighted by Gasteiger charge is 2.33. The summed E-state index contributed by atoms with van der Waals surface area (Å²) < 4.78 is 0. The Hall–Kier alpha value is -2.93. The van der Waals surface area contributed by atoms with Crippen LogP contribution < -0.4 is 11.3 Å². The molecule has 1 aliphatic carbocycles. The first-order valence-corrected chi connectivity index (χ1v) is 9.68. The van der Waals surface area contributed by atoms with Crippen molar-refractivity contribution >= 4 is 16.9 Å². The molecule has 4 rings (SSSR count). The number of hydrogen-bond acceptors (Lipinski definition) is 5. The molecule has 0 aliphatic heterocycles. The molecule has 146 valence electrons. The van der Waals surface area contributed by atoms with Gasteiger partial charge in [-0.05, 0) is 42.0 Å². The van der Waals surface area contributed by atoms with Crippen LogP contribution in [-0.4, -0.2) is 26.0 Å². The van der Waals surface area contributed by atoms with Crippen LogP contribution in [-0.2, 0) is 16.6 Å². The lowest BCUT2D eigenvalue weighted by molar-refractivity contribution is -0.120. The van der Waals surface area contributed by atoms with Crippen LogP contribution in [0.25, 0.3) is 16.7 Å². The summed E-state index contributed by atoms with van der Waals surface area (Å²) in [5.74, 6) is 5.18. The van der Waals surface area contributed by atoms with Crippen LogP contribution >= 0.6 is 0 Å². The van der Waals surface area contributed by atoms with Gasteiger partial charge in [-0.25, -0.2) is 5.84 Å². The SMILES string of the molecule is CC1(c2cc(CC(=O)NN)cc(-n3nc4ccccc4n3)c2O)CCCCC1. The molecule has 0 bridgehead atoms. The van der Waals surface area contributed by atoms with Gasteiger partial charge in [-0.3, -0.25) is 10.2 Å². The number of hydrogen-bond donors (Lipinski definition) is 3. The fourth-order valence-corrected chi connectivity index (χ4v) is 4.20. The average molecular weight is 379 g/mol. The zero-order chi connectivity index (χ0) is 19.7.